The lowest BCUT2D eigenvalue weighted by molar-refractivity contribution is 0.152. The highest BCUT2D eigenvalue weighted by molar-refractivity contribution is 7.89. The lowest BCUT2D eigenvalue weighted by Crippen LogP contribution is -2.33. The summed E-state index contributed by atoms with van der Waals surface area (Å²) < 4.78 is 26.2. The van der Waals surface area contributed by atoms with Crippen molar-refractivity contribution in [2.24, 2.45) is 5.92 Å². The summed E-state index contributed by atoms with van der Waals surface area (Å²) in [4.78, 5) is 0.0433. The van der Waals surface area contributed by atoms with E-state index in [9.17, 15) is 13.5 Å². The van der Waals surface area contributed by atoms with Crippen molar-refractivity contribution in [1.82, 2.24) is 4.72 Å². The van der Waals surface area contributed by atoms with Crippen molar-refractivity contribution in [2.75, 3.05) is 12.3 Å². The average Bonchev–Trinajstić information content (AvgIpc) is 2.26. The Labute approximate surface area is 108 Å². The molecule has 0 aliphatic heterocycles. The molecule has 18 heavy (non-hydrogen) atoms. The van der Waals surface area contributed by atoms with Crippen LogP contribution in [0.4, 0.5) is 5.69 Å². The molecule has 1 rings (SSSR count). The van der Waals surface area contributed by atoms with E-state index in [2.05, 4.69) is 4.72 Å². The van der Waals surface area contributed by atoms with Gasteiger partial charge >= 0.3 is 0 Å². The summed E-state index contributed by atoms with van der Waals surface area (Å²) in [6.07, 6.45) is -0.142. The van der Waals surface area contributed by atoms with Crippen molar-refractivity contribution >= 4 is 15.7 Å². The molecule has 1 atom stereocenters. The predicted molar refractivity (Wildman–Crippen MR) is 71.5 cm³/mol. The van der Waals surface area contributed by atoms with Gasteiger partial charge in [-0.2, -0.15) is 0 Å². The summed E-state index contributed by atoms with van der Waals surface area (Å²) in [6, 6.07) is 6.24. The van der Waals surface area contributed by atoms with Crippen LogP contribution in [0.1, 0.15) is 20.3 Å². The third-order valence-electron chi connectivity index (χ3n) is 2.46. The highest BCUT2D eigenvalue weighted by Gasteiger charge is 2.18. The number of sulfonamides is 1. The van der Waals surface area contributed by atoms with Crippen molar-refractivity contribution in [2.45, 2.75) is 31.3 Å². The fourth-order valence-corrected chi connectivity index (χ4v) is 2.84. The standard InChI is InChI=1S/C12H20N2O3S/c1-9(2)7-10(15)8-14-18(16,17)12-6-4-3-5-11(12)13/h3-6,9-10,14-15H,7-8,13H2,1-2H3. The van der Waals surface area contributed by atoms with Gasteiger partial charge < -0.3 is 10.8 Å². The number of nitrogen functional groups attached to an aromatic ring is 1. The molecule has 0 amide bonds. The summed E-state index contributed by atoms with van der Waals surface area (Å²) in [7, 11) is -3.66. The monoisotopic (exact) mass is 272 g/mol. The Bertz CT molecular complexity index is 486. The van der Waals surface area contributed by atoms with E-state index in [4.69, 9.17) is 5.73 Å². The normalized spacial score (nSPS) is 13.8. The second kappa shape index (κ2) is 6.17. The van der Waals surface area contributed by atoms with Gasteiger partial charge in [-0.25, -0.2) is 13.1 Å². The topological polar surface area (TPSA) is 92.4 Å². The molecule has 0 heterocycles. The maximum Gasteiger partial charge on any atom is 0.242 e. The number of aliphatic hydroxyl groups excluding tert-OH is 1. The molecular formula is C12H20N2O3S. The Kier molecular flexibility index (Phi) is 5.13. The summed E-state index contributed by atoms with van der Waals surface area (Å²) in [5, 5.41) is 9.64. The number of benzene rings is 1. The quantitative estimate of drug-likeness (QED) is 0.672. The summed E-state index contributed by atoms with van der Waals surface area (Å²) in [5.41, 5.74) is 5.81. The van der Waals surface area contributed by atoms with Crippen LogP contribution in [0.15, 0.2) is 29.2 Å². The van der Waals surface area contributed by atoms with E-state index in [1.807, 2.05) is 13.8 Å². The summed E-state index contributed by atoms with van der Waals surface area (Å²) in [6.45, 7) is 3.93. The number of hydrogen-bond acceptors (Lipinski definition) is 4. The Morgan fingerprint density at radius 1 is 1.33 bits per heavy atom. The van der Waals surface area contributed by atoms with E-state index in [0.29, 0.717) is 12.3 Å². The Balaban J connectivity index is 2.69. The van der Waals surface area contributed by atoms with E-state index in [1.54, 1.807) is 12.1 Å². The minimum absolute atomic E-state index is 0.00511. The third kappa shape index (κ3) is 4.29. The van der Waals surface area contributed by atoms with Crippen molar-refractivity contribution in [3.63, 3.8) is 0 Å². The van der Waals surface area contributed by atoms with Crippen LogP contribution in [-0.4, -0.2) is 26.2 Å². The van der Waals surface area contributed by atoms with Crippen molar-refractivity contribution in [3.05, 3.63) is 24.3 Å². The van der Waals surface area contributed by atoms with E-state index >= 15 is 0 Å². The maximum absolute atomic E-state index is 11.9. The van der Waals surface area contributed by atoms with Crippen LogP contribution in [0.2, 0.25) is 0 Å². The highest BCUT2D eigenvalue weighted by Crippen LogP contribution is 2.16. The largest absolute Gasteiger partial charge is 0.398 e. The molecule has 4 N–H and O–H groups in total. The van der Waals surface area contributed by atoms with E-state index in [-0.39, 0.29) is 17.1 Å². The lowest BCUT2D eigenvalue weighted by Gasteiger charge is -2.14. The van der Waals surface area contributed by atoms with Gasteiger partial charge in [-0.3, -0.25) is 0 Å². The fraction of sp³-hybridized carbons (Fsp3) is 0.500. The minimum atomic E-state index is -3.66. The Hall–Kier alpha value is -1.11. The molecule has 6 heteroatoms. The lowest BCUT2D eigenvalue weighted by atomic mass is 10.1. The number of rotatable bonds is 6. The molecule has 5 nitrogen and oxygen atoms in total. The minimum Gasteiger partial charge on any atom is -0.398 e. The van der Waals surface area contributed by atoms with Gasteiger partial charge in [0.05, 0.1) is 11.8 Å². The molecular weight excluding hydrogens is 252 g/mol. The highest BCUT2D eigenvalue weighted by atomic mass is 32.2. The van der Waals surface area contributed by atoms with E-state index in [1.165, 1.54) is 12.1 Å². The van der Waals surface area contributed by atoms with Crippen molar-refractivity contribution in [3.8, 4) is 0 Å². The second-order valence-corrected chi connectivity index (χ2v) is 6.41. The van der Waals surface area contributed by atoms with Crippen LogP contribution in [0.5, 0.6) is 0 Å². The number of nitrogens with two attached hydrogens (primary N) is 1. The van der Waals surface area contributed by atoms with Crippen LogP contribution in [-0.2, 0) is 10.0 Å². The molecule has 1 unspecified atom stereocenters. The van der Waals surface area contributed by atoms with E-state index < -0.39 is 16.1 Å². The molecule has 0 saturated heterocycles. The molecule has 0 bridgehead atoms. The molecule has 1 aromatic rings. The van der Waals surface area contributed by atoms with Crippen LogP contribution < -0.4 is 10.5 Å². The van der Waals surface area contributed by atoms with Gasteiger partial charge in [-0.1, -0.05) is 26.0 Å². The zero-order valence-electron chi connectivity index (χ0n) is 10.6. The van der Waals surface area contributed by atoms with Crippen LogP contribution in [0.3, 0.4) is 0 Å². The second-order valence-electron chi connectivity index (χ2n) is 4.67. The molecule has 0 radical (unpaired) electrons. The molecule has 102 valence electrons. The van der Waals surface area contributed by atoms with Crippen molar-refractivity contribution < 1.29 is 13.5 Å². The number of anilines is 1. The van der Waals surface area contributed by atoms with Gasteiger partial charge in [-0.15, -0.1) is 0 Å². The number of nitrogens with one attached hydrogen (secondary N) is 1. The Morgan fingerprint density at radius 2 is 1.94 bits per heavy atom. The van der Waals surface area contributed by atoms with Gasteiger partial charge in [0.15, 0.2) is 0 Å². The first-order valence-corrected chi connectivity index (χ1v) is 7.33. The third-order valence-corrected chi connectivity index (χ3v) is 3.96. The Morgan fingerprint density at radius 3 is 2.50 bits per heavy atom. The predicted octanol–water partition coefficient (Wildman–Crippen LogP) is 0.954. The van der Waals surface area contributed by atoms with Gasteiger partial charge in [-0.05, 0) is 24.5 Å². The summed E-state index contributed by atoms with van der Waals surface area (Å²) >= 11 is 0. The average molecular weight is 272 g/mol. The molecule has 0 aliphatic carbocycles. The molecule has 1 aromatic carbocycles. The fourth-order valence-electron chi connectivity index (χ4n) is 1.64. The number of hydrogen-bond donors (Lipinski definition) is 3. The molecule has 0 spiro atoms. The molecule has 0 aliphatic rings. The smallest absolute Gasteiger partial charge is 0.242 e. The first-order chi connectivity index (χ1) is 8.33. The van der Waals surface area contributed by atoms with Crippen molar-refractivity contribution in [1.29, 1.82) is 0 Å². The first kappa shape index (κ1) is 14.9. The van der Waals surface area contributed by atoms with Crippen LogP contribution >= 0.6 is 0 Å². The number of para-hydroxylation sites is 1. The number of aliphatic hydroxyl groups is 1. The molecule has 0 fully saturated rings. The maximum atomic E-state index is 11.9. The van der Waals surface area contributed by atoms with Gasteiger partial charge in [0.25, 0.3) is 0 Å². The molecule has 0 saturated carbocycles. The first-order valence-electron chi connectivity index (χ1n) is 5.85. The SMILES string of the molecule is CC(C)CC(O)CNS(=O)(=O)c1ccccc1N. The van der Waals surface area contributed by atoms with Crippen LogP contribution in [0.25, 0.3) is 0 Å². The van der Waals surface area contributed by atoms with Gasteiger partial charge in [0.1, 0.15) is 4.90 Å². The van der Waals surface area contributed by atoms with E-state index in [0.717, 1.165) is 0 Å². The summed E-state index contributed by atoms with van der Waals surface area (Å²) in [5.74, 6) is 0.311. The van der Waals surface area contributed by atoms with Gasteiger partial charge in [0, 0.05) is 6.54 Å². The molecule has 0 aromatic heterocycles. The zero-order valence-corrected chi connectivity index (χ0v) is 11.4. The van der Waals surface area contributed by atoms with Crippen LogP contribution in [0, 0.1) is 5.92 Å². The zero-order chi connectivity index (χ0) is 13.8. The van der Waals surface area contributed by atoms with Gasteiger partial charge in [0.2, 0.25) is 10.0 Å².